The molecule has 1 aromatic rings. The summed E-state index contributed by atoms with van der Waals surface area (Å²) in [4.78, 5) is 0. The van der Waals surface area contributed by atoms with Crippen molar-refractivity contribution >= 4 is 0 Å². The highest BCUT2D eigenvalue weighted by atomic mass is 16.7. The lowest BCUT2D eigenvalue weighted by atomic mass is 9.94. The normalized spacial score (nSPS) is 34.5. The van der Waals surface area contributed by atoms with Gasteiger partial charge in [-0.25, -0.2) is 0 Å². The van der Waals surface area contributed by atoms with E-state index in [0.717, 1.165) is 12.1 Å². The Morgan fingerprint density at radius 2 is 2.00 bits per heavy atom. The first kappa shape index (κ1) is 14.1. The van der Waals surface area contributed by atoms with Crippen molar-refractivity contribution < 1.29 is 9.47 Å². The molecule has 2 saturated heterocycles. The molecule has 0 aliphatic carbocycles. The van der Waals surface area contributed by atoms with Crippen molar-refractivity contribution in [1.82, 2.24) is 5.32 Å². The van der Waals surface area contributed by atoms with Crippen molar-refractivity contribution in [3.8, 4) is 0 Å². The molecule has 2 aliphatic heterocycles. The standard InChI is InChI=1S/C17H25NO2/c1-13(2)17(14-8-4-3-5-9-14)19-12-16(20-17)15-10-6-7-11-18-15/h3-5,8-9,13,15-16,18H,6-7,10-12H2,1-2H3/t15-,16+,17-/m0/s1. The third kappa shape index (κ3) is 2.50. The van der Waals surface area contributed by atoms with Crippen LogP contribution < -0.4 is 5.32 Å². The van der Waals surface area contributed by atoms with Gasteiger partial charge in [0.05, 0.1) is 6.61 Å². The summed E-state index contributed by atoms with van der Waals surface area (Å²) in [5.41, 5.74) is 1.13. The summed E-state index contributed by atoms with van der Waals surface area (Å²) in [6, 6.07) is 10.8. The third-order valence-electron chi connectivity index (χ3n) is 4.52. The molecule has 0 saturated carbocycles. The van der Waals surface area contributed by atoms with Gasteiger partial charge in [-0.2, -0.15) is 0 Å². The van der Waals surface area contributed by atoms with Gasteiger partial charge >= 0.3 is 0 Å². The fraction of sp³-hybridized carbons (Fsp3) is 0.647. The summed E-state index contributed by atoms with van der Waals surface area (Å²) in [5, 5.41) is 3.58. The summed E-state index contributed by atoms with van der Waals surface area (Å²) in [5.74, 6) is -0.288. The predicted molar refractivity (Wildman–Crippen MR) is 79.4 cm³/mol. The molecule has 3 atom stereocenters. The zero-order valence-electron chi connectivity index (χ0n) is 12.5. The van der Waals surface area contributed by atoms with E-state index in [4.69, 9.17) is 9.47 Å². The summed E-state index contributed by atoms with van der Waals surface area (Å²) in [6.07, 6.45) is 3.92. The molecular weight excluding hydrogens is 250 g/mol. The summed E-state index contributed by atoms with van der Waals surface area (Å²) in [6.45, 7) is 6.13. The van der Waals surface area contributed by atoms with Crippen LogP contribution in [0.4, 0.5) is 0 Å². The Morgan fingerprint density at radius 1 is 1.20 bits per heavy atom. The average molecular weight is 275 g/mol. The first-order chi connectivity index (χ1) is 9.72. The monoisotopic (exact) mass is 275 g/mol. The maximum Gasteiger partial charge on any atom is 0.197 e. The lowest BCUT2D eigenvalue weighted by Crippen LogP contribution is -2.45. The molecule has 0 aromatic heterocycles. The third-order valence-corrected chi connectivity index (χ3v) is 4.52. The maximum absolute atomic E-state index is 6.45. The largest absolute Gasteiger partial charge is 0.343 e. The van der Waals surface area contributed by atoms with E-state index in [1.54, 1.807) is 0 Å². The Labute approximate surface area is 121 Å². The topological polar surface area (TPSA) is 30.5 Å². The van der Waals surface area contributed by atoms with Crippen molar-refractivity contribution in [3.63, 3.8) is 0 Å². The van der Waals surface area contributed by atoms with Gasteiger partial charge in [0.25, 0.3) is 0 Å². The SMILES string of the molecule is CC(C)[C@]1(c2ccccc2)OC[C@H]([C@@H]2CCCCN2)O1. The van der Waals surface area contributed by atoms with E-state index in [1.165, 1.54) is 19.3 Å². The Hall–Kier alpha value is -0.900. The fourth-order valence-electron chi connectivity index (χ4n) is 3.35. The number of benzene rings is 1. The molecular formula is C17H25NO2. The Kier molecular flexibility index (Phi) is 4.11. The van der Waals surface area contributed by atoms with Crippen LogP contribution in [0.3, 0.4) is 0 Å². The van der Waals surface area contributed by atoms with Crippen LogP contribution in [0.25, 0.3) is 0 Å². The van der Waals surface area contributed by atoms with Crippen molar-refractivity contribution in [3.05, 3.63) is 35.9 Å². The highest BCUT2D eigenvalue weighted by Crippen LogP contribution is 2.41. The molecule has 20 heavy (non-hydrogen) atoms. The van der Waals surface area contributed by atoms with Gasteiger partial charge in [-0.05, 0) is 19.4 Å². The maximum atomic E-state index is 6.45. The molecule has 2 fully saturated rings. The van der Waals surface area contributed by atoms with Crippen molar-refractivity contribution in [2.45, 2.75) is 51.0 Å². The van der Waals surface area contributed by atoms with Crippen LogP contribution in [0.15, 0.2) is 30.3 Å². The lowest BCUT2D eigenvalue weighted by Gasteiger charge is -2.34. The van der Waals surface area contributed by atoms with Crippen LogP contribution >= 0.6 is 0 Å². The van der Waals surface area contributed by atoms with Crippen LogP contribution in [0.2, 0.25) is 0 Å². The zero-order valence-corrected chi connectivity index (χ0v) is 12.5. The highest BCUT2D eigenvalue weighted by Gasteiger charge is 2.47. The average Bonchev–Trinajstić information content (AvgIpc) is 2.96. The van der Waals surface area contributed by atoms with Gasteiger partial charge < -0.3 is 14.8 Å². The Balaban J connectivity index is 1.80. The molecule has 0 spiro atoms. The molecule has 2 aliphatic rings. The Morgan fingerprint density at radius 3 is 2.65 bits per heavy atom. The highest BCUT2D eigenvalue weighted by molar-refractivity contribution is 5.22. The van der Waals surface area contributed by atoms with Gasteiger partial charge in [-0.3, -0.25) is 0 Å². The van der Waals surface area contributed by atoms with E-state index in [9.17, 15) is 0 Å². The quantitative estimate of drug-likeness (QED) is 0.919. The zero-order chi connectivity index (χ0) is 14.0. The molecule has 3 rings (SSSR count). The van der Waals surface area contributed by atoms with E-state index in [0.29, 0.717) is 18.6 Å². The molecule has 3 nitrogen and oxygen atoms in total. The molecule has 1 aromatic carbocycles. The molecule has 0 amide bonds. The first-order valence-electron chi connectivity index (χ1n) is 7.83. The number of ether oxygens (including phenoxy) is 2. The number of nitrogens with one attached hydrogen (secondary N) is 1. The van der Waals surface area contributed by atoms with Crippen molar-refractivity contribution in [2.75, 3.05) is 13.2 Å². The molecule has 2 heterocycles. The number of rotatable bonds is 3. The van der Waals surface area contributed by atoms with E-state index in [2.05, 4.69) is 43.4 Å². The van der Waals surface area contributed by atoms with E-state index in [-0.39, 0.29) is 6.10 Å². The molecule has 0 bridgehead atoms. The van der Waals surface area contributed by atoms with Gasteiger partial charge in [0.1, 0.15) is 6.10 Å². The fourth-order valence-corrected chi connectivity index (χ4v) is 3.35. The van der Waals surface area contributed by atoms with Gasteiger partial charge in [0, 0.05) is 17.5 Å². The molecule has 110 valence electrons. The van der Waals surface area contributed by atoms with E-state index in [1.807, 2.05) is 6.07 Å². The number of hydrogen-bond donors (Lipinski definition) is 1. The summed E-state index contributed by atoms with van der Waals surface area (Å²) in [7, 11) is 0. The van der Waals surface area contributed by atoms with Gasteiger partial charge in [0.2, 0.25) is 0 Å². The van der Waals surface area contributed by atoms with Gasteiger partial charge in [0.15, 0.2) is 5.79 Å². The first-order valence-corrected chi connectivity index (χ1v) is 7.83. The van der Waals surface area contributed by atoms with Crippen LogP contribution in [-0.2, 0) is 15.3 Å². The van der Waals surface area contributed by atoms with Gasteiger partial charge in [-0.1, -0.05) is 50.6 Å². The smallest absolute Gasteiger partial charge is 0.197 e. The Bertz CT molecular complexity index is 428. The second-order valence-corrected chi connectivity index (χ2v) is 6.21. The van der Waals surface area contributed by atoms with Crippen LogP contribution in [0.5, 0.6) is 0 Å². The van der Waals surface area contributed by atoms with Gasteiger partial charge in [-0.15, -0.1) is 0 Å². The molecule has 0 radical (unpaired) electrons. The minimum atomic E-state index is -0.578. The molecule has 1 N–H and O–H groups in total. The van der Waals surface area contributed by atoms with Crippen LogP contribution in [-0.4, -0.2) is 25.3 Å². The number of hydrogen-bond acceptors (Lipinski definition) is 3. The molecule has 0 unspecified atom stereocenters. The lowest BCUT2D eigenvalue weighted by molar-refractivity contribution is -0.210. The number of piperidine rings is 1. The van der Waals surface area contributed by atoms with Crippen molar-refractivity contribution in [2.24, 2.45) is 5.92 Å². The molecule has 3 heteroatoms. The van der Waals surface area contributed by atoms with E-state index >= 15 is 0 Å². The second-order valence-electron chi connectivity index (χ2n) is 6.21. The minimum absolute atomic E-state index is 0.165. The predicted octanol–water partition coefficient (Wildman–Crippen LogP) is 3.05. The summed E-state index contributed by atoms with van der Waals surface area (Å²) < 4.78 is 12.6. The summed E-state index contributed by atoms with van der Waals surface area (Å²) >= 11 is 0. The van der Waals surface area contributed by atoms with E-state index < -0.39 is 5.79 Å². The second kappa shape index (κ2) is 5.84. The van der Waals surface area contributed by atoms with Crippen LogP contribution in [0, 0.1) is 5.92 Å². The van der Waals surface area contributed by atoms with Crippen LogP contribution in [0.1, 0.15) is 38.7 Å². The van der Waals surface area contributed by atoms with Crippen molar-refractivity contribution in [1.29, 1.82) is 0 Å². The minimum Gasteiger partial charge on any atom is -0.343 e.